The van der Waals surface area contributed by atoms with Gasteiger partial charge in [-0.25, -0.2) is 0 Å². The van der Waals surface area contributed by atoms with Crippen molar-refractivity contribution in [3.8, 4) is 11.4 Å². The van der Waals surface area contributed by atoms with E-state index in [1.807, 2.05) is 31.2 Å². The number of hydrogen-bond acceptors (Lipinski definition) is 6. The molecule has 0 atom stereocenters. The molecule has 30 heavy (non-hydrogen) atoms. The van der Waals surface area contributed by atoms with Crippen LogP contribution in [0.2, 0.25) is 0 Å². The van der Waals surface area contributed by atoms with Gasteiger partial charge in [0, 0.05) is 32.3 Å². The van der Waals surface area contributed by atoms with Crippen LogP contribution in [0.1, 0.15) is 21.8 Å². The van der Waals surface area contributed by atoms with E-state index in [2.05, 4.69) is 15.5 Å². The Labute approximate surface area is 175 Å². The summed E-state index contributed by atoms with van der Waals surface area (Å²) in [5, 5.41) is 6.66. The first kappa shape index (κ1) is 21.5. The summed E-state index contributed by atoms with van der Waals surface area (Å²) in [4.78, 5) is 16.7. The number of amides is 1. The number of nitrogens with one attached hydrogen (secondary N) is 1. The molecule has 0 aliphatic heterocycles. The minimum absolute atomic E-state index is 0.0777. The van der Waals surface area contributed by atoms with Gasteiger partial charge in [0.15, 0.2) is 0 Å². The number of anilines is 1. The van der Waals surface area contributed by atoms with Crippen molar-refractivity contribution in [2.24, 2.45) is 0 Å². The molecule has 10 heteroatoms. The first-order chi connectivity index (χ1) is 14.2. The lowest BCUT2D eigenvalue weighted by Crippen LogP contribution is -2.37. The van der Waals surface area contributed by atoms with E-state index in [9.17, 15) is 13.2 Å². The molecular weight excluding hydrogens is 406 g/mol. The maximum atomic E-state index is 12.4. The molecule has 0 fully saturated rings. The second-order valence-corrected chi connectivity index (χ2v) is 9.04. The molecule has 3 rings (SSSR count). The van der Waals surface area contributed by atoms with Crippen LogP contribution in [-0.2, 0) is 16.8 Å². The molecule has 1 amide bonds. The quantitative estimate of drug-likeness (QED) is 0.617. The standard InChI is InChI=1S/C20H23N5O4S/c1-14-6-5-7-16(12-14)19-22-18(29-23-19)13-21-20(26)15-8-10-17(11-9-15)25(4)30(27,28)24(2)3/h5-12H,13H2,1-4H3,(H,21,26). The maximum absolute atomic E-state index is 12.4. The average Bonchev–Trinajstić information content (AvgIpc) is 3.20. The van der Waals surface area contributed by atoms with E-state index in [0.29, 0.717) is 17.1 Å². The van der Waals surface area contributed by atoms with E-state index in [-0.39, 0.29) is 18.3 Å². The van der Waals surface area contributed by atoms with Crippen LogP contribution >= 0.6 is 0 Å². The summed E-state index contributed by atoms with van der Waals surface area (Å²) in [6, 6.07) is 14.0. The van der Waals surface area contributed by atoms with Crippen LogP contribution in [-0.4, -0.2) is 49.9 Å². The Kier molecular flexibility index (Phi) is 6.18. The number of rotatable bonds is 7. The fourth-order valence-electron chi connectivity index (χ4n) is 2.69. The largest absolute Gasteiger partial charge is 0.343 e. The van der Waals surface area contributed by atoms with Gasteiger partial charge < -0.3 is 9.84 Å². The van der Waals surface area contributed by atoms with Crippen molar-refractivity contribution in [1.29, 1.82) is 0 Å². The molecule has 158 valence electrons. The third kappa shape index (κ3) is 4.66. The predicted molar refractivity (Wildman–Crippen MR) is 113 cm³/mol. The summed E-state index contributed by atoms with van der Waals surface area (Å²) < 4.78 is 31.8. The van der Waals surface area contributed by atoms with E-state index in [0.717, 1.165) is 19.7 Å². The third-order valence-corrected chi connectivity index (χ3v) is 6.27. The second kappa shape index (κ2) is 8.64. The Balaban J connectivity index is 1.63. The van der Waals surface area contributed by atoms with Crippen LogP contribution in [0.5, 0.6) is 0 Å². The van der Waals surface area contributed by atoms with Gasteiger partial charge in [-0.15, -0.1) is 0 Å². The highest BCUT2D eigenvalue weighted by Crippen LogP contribution is 2.19. The molecule has 1 N–H and O–H groups in total. The van der Waals surface area contributed by atoms with Gasteiger partial charge in [-0.1, -0.05) is 28.9 Å². The van der Waals surface area contributed by atoms with Crippen molar-refractivity contribution in [3.05, 3.63) is 65.5 Å². The zero-order valence-electron chi connectivity index (χ0n) is 17.2. The summed E-state index contributed by atoms with van der Waals surface area (Å²) >= 11 is 0. The number of aromatic nitrogens is 2. The maximum Gasteiger partial charge on any atom is 0.303 e. The Morgan fingerprint density at radius 3 is 2.43 bits per heavy atom. The lowest BCUT2D eigenvalue weighted by Gasteiger charge is -2.23. The van der Waals surface area contributed by atoms with E-state index >= 15 is 0 Å². The molecule has 2 aromatic carbocycles. The minimum Gasteiger partial charge on any atom is -0.343 e. The lowest BCUT2D eigenvalue weighted by atomic mass is 10.1. The number of hydrogen-bond donors (Lipinski definition) is 1. The molecule has 9 nitrogen and oxygen atoms in total. The van der Waals surface area contributed by atoms with Crippen LogP contribution < -0.4 is 9.62 Å². The molecule has 0 unspecified atom stereocenters. The molecule has 0 bridgehead atoms. The molecule has 1 aromatic heterocycles. The third-order valence-electron chi connectivity index (χ3n) is 4.45. The van der Waals surface area contributed by atoms with Crippen molar-refractivity contribution in [3.63, 3.8) is 0 Å². The van der Waals surface area contributed by atoms with Crippen LogP contribution in [0, 0.1) is 6.92 Å². The van der Waals surface area contributed by atoms with Crippen LogP contribution in [0.15, 0.2) is 53.1 Å². The fraction of sp³-hybridized carbons (Fsp3) is 0.250. The molecule has 1 heterocycles. The number of carbonyl (C=O) groups excluding carboxylic acids is 1. The van der Waals surface area contributed by atoms with Gasteiger partial charge in [-0.3, -0.25) is 9.10 Å². The molecule has 0 radical (unpaired) electrons. The van der Waals surface area contributed by atoms with Gasteiger partial charge in [0.2, 0.25) is 11.7 Å². The van der Waals surface area contributed by atoms with Gasteiger partial charge in [-0.2, -0.15) is 17.7 Å². The lowest BCUT2D eigenvalue weighted by molar-refractivity contribution is 0.0946. The normalized spacial score (nSPS) is 11.5. The van der Waals surface area contributed by atoms with Crippen molar-refractivity contribution >= 4 is 21.8 Å². The Morgan fingerprint density at radius 2 is 1.80 bits per heavy atom. The first-order valence-electron chi connectivity index (χ1n) is 9.13. The summed E-state index contributed by atoms with van der Waals surface area (Å²) in [6.07, 6.45) is 0. The van der Waals surface area contributed by atoms with Gasteiger partial charge in [0.1, 0.15) is 0 Å². The van der Waals surface area contributed by atoms with E-state index in [1.54, 1.807) is 24.3 Å². The van der Waals surface area contributed by atoms with Gasteiger partial charge >= 0.3 is 10.2 Å². The summed E-state index contributed by atoms with van der Waals surface area (Å²) in [5.74, 6) is 0.403. The van der Waals surface area contributed by atoms with E-state index in [1.165, 1.54) is 21.1 Å². The van der Waals surface area contributed by atoms with Crippen LogP contribution in [0.4, 0.5) is 5.69 Å². The highest BCUT2D eigenvalue weighted by atomic mass is 32.2. The highest BCUT2D eigenvalue weighted by molar-refractivity contribution is 7.90. The zero-order chi connectivity index (χ0) is 21.9. The van der Waals surface area contributed by atoms with Crippen molar-refractivity contribution < 1.29 is 17.7 Å². The predicted octanol–water partition coefficient (Wildman–Crippen LogP) is 2.22. The van der Waals surface area contributed by atoms with E-state index in [4.69, 9.17) is 4.52 Å². The van der Waals surface area contributed by atoms with E-state index < -0.39 is 10.2 Å². The molecule has 0 saturated heterocycles. The minimum atomic E-state index is -3.59. The highest BCUT2D eigenvalue weighted by Gasteiger charge is 2.21. The summed E-state index contributed by atoms with van der Waals surface area (Å²) in [6.45, 7) is 2.05. The number of aryl methyl sites for hydroxylation is 1. The molecule has 3 aromatic rings. The molecule has 0 aliphatic carbocycles. The Bertz CT molecular complexity index is 1140. The first-order valence-corrected chi connectivity index (χ1v) is 10.5. The molecule has 0 saturated carbocycles. The fourth-order valence-corrected chi connectivity index (χ4v) is 3.56. The molecule has 0 aliphatic rings. The summed E-state index contributed by atoms with van der Waals surface area (Å²) in [7, 11) is 0.764. The van der Waals surface area contributed by atoms with Gasteiger partial charge in [0.25, 0.3) is 5.91 Å². The molecule has 0 spiro atoms. The van der Waals surface area contributed by atoms with Crippen LogP contribution in [0.3, 0.4) is 0 Å². The smallest absolute Gasteiger partial charge is 0.303 e. The van der Waals surface area contributed by atoms with Gasteiger partial charge in [0.05, 0.1) is 12.2 Å². The molecular formula is C20H23N5O4S. The van der Waals surface area contributed by atoms with Crippen molar-refractivity contribution in [2.75, 3.05) is 25.4 Å². The monoisotopic (exact) mass is 429 g/mol. The number of nitrogens with zero attached hydrogens (tertiary/aromatic N) is 4. The Hall–Kier alpha value is -3.24. The average molecular weight is 430 g/mol. The summed E-state index contributed by atoms with van der Waals surface area (Å²) in [5.41, 5.74) is 2.75. The number of carbonyl (C=O) groups is 1. The van der Waals surface area contributed by atoms with Crippen LogP contribution in [0.25, 0.3) is 11.4 Å². The Morgan fingerprint density at radius 1 is 1.10 bits per heavy atom. The second-order valence-electron chi connectivity index (χ2n) is 6.87. The topological polar surface area (TPSA) is 109 Å². The van der Waals surface area contributed by atoms with Crippen molar-refractivity contribution in [1.82, 2.24) is 19.8 Å². The van der Waals surface area contributed by atoms with Gasteiger partial charge in [-0.05, 0) is 37.3 Å². The SMILES string of the molecule is Cc1cccc(-c2noc(CNC(=O)c3ccc(N(C)S(=O)(=O)N(C)C)cc3)n2)c1. The zero-order valence-corrected chi connectivity index (χ0v) is 18.0. The number of benzene rings is 2. The van der Waals surface area contributed by atoms with Crippen molar-refractivity contribution in [2.45, 2.75) is 13.5 Å².